The predicted octanol–water partition coefficient (Wildman–Crippen LogP) is 5.77. The van der Waals surface area contributed by atoms with Crippen molar-refractivity contribution in [1.82, 2.24) is 4.90 Å². The Morgan fingerprint density at radius 3 is 2.00 bits per heavy atom. The van der Waals surface area contributed by atoms with Crippen LogP contribution in [0.3, 0.4) is 0 Å². The summed E-state index contributed by atoms with van der Waals surface area (Å²) in [6.45, 7) is 5.01. The molecule has 0 bridgehead atoms. The lowest BCUT2D eigenvalue weighted by Gasteiger charge is -2.38. The van der Waals surface area contributed by atoms with Gasteiger partial charge in [0.05, 0.1) is 54.1 Å². The second kappa shape index (κ2) is 13.2. The van der Waals surface area contributed by atoms with Crippen LogP contribution < -0.4 is 28.4 Å². The van der Waals surface area contributed by atoms with Crippen molar-refractivity contribution in [3.63, 3.8) is 0 Å². The Bertz CT molecular complexity index is 1180. The van der Waals surface area contributed by atoms with E-state index in [2.05, 4.69) is 31.9 Å². The highest BCUT2D eigenvalue weighted by atomic mass is 16.5. The van der Waals surface area contributed by atoms with Crippen LogP contribution in [0.4, 0.5) is 0 Å². The largest absolute Gasteiger partial charge is 0.493 e. The summed E-state index contributed by atoms with van der Waals surface area (Å²) in [4.78, 5) is 2.35. The minimum absolute atomic E-state index is 0.173. The van der Waals surface area contributed by atoms with Crippen molar-refractivity contribution in [3.8, 4) is 40.6 Å². The normalized spacial score (nSPS) is 17.3. The van der Waals surface area contributed by atoms with Gasteiger partial charge in [-0.15, -0.1) is 0 Å². The highest BCUT2D eigenvalue weighted by Crippen LogP contribution is 2.52. The van der Waals surface area contributed by atoms with E-state index < -0.39 is 5.41 Å². The number of nitrogens with zero attached hydrogens (tertiary/aromatic N) is 2. The summed E-state index contributed by atoms with van der Waals surface area (Å²) in [5, 5.41) is 10.6. The Morgan fingerprint density at radius 2 is 1.49 bits per heavy atom. The molecule has 1 heterocycles. The summed E-state index contributed by atoms with van der Waals surface area (Å²) in [6.07, 6.45) is 4.26. The van der Waals surface area contributed by atoms with Gasteiger partial charge >= 0.3 is 0 Å². The molecule has 0 saturated heterocycles. The molecule has 0 saturated carbocycles. The average molecular weight is 541 g/mol. The van der Waals surface area contributed by atoms with Gasteiger partial charge in [0, 0.05) is 23.7 Å². The van der Waals surface area contributed by atoms with Crippen molar-refractivity contribution in [3.05, 3.63) is 34.9 Å². The second-order valence-corrected chi connectivity index (χ2v) is 10.2. The zero-order chi connectivity index (χ0) is 28.7. The monoisotopic (exact) mass is 540 g/mol. The van der Waals surface area contributed by atoms with Crippen LogP contribution in [-0.2, 0) is 18.4 Å². The molecule has 2 aromatic rings. The van der Waals surface area contributed by atoms with Crippen LogP contribution in [-0.4, -0.2) is 60.6 Å². The van der Waals surface area contributed by atoms with Crippen LogP contribution in [0, 0.1) is 17.2 Å². The topological polar surface area (TPSA) is 82.4 Å². The molecular weight excluding hydrogens is 496 g/mol. The number of hydrogen-bond donors (Lipinski definition) is 0. The number of ether oxygens (including phenoxy) is 6. The molecule has 8 nitrogen and oxygen atoms in total. The third kappa shape index (κ3) is 5.56. The molecule has 0 N–H and O–H groups in total. The van der Waals surface area contributed by atoms with Gasteiger partial charge in [0.25, 0.3) is 0 Å². The number of methoxy groups -OCH3 is 6. The van der Waals surface area contributed by atoms with Crippen molar-refractivity contribution in [1.29, 1.82) is 5.26 Å². The van der Waals surface area contributed by atoms with Crippen molar-refractivity contribution in [2.45, 2.75) is 64.0 Å². The van der Waals surface area contributed by atoms with E-state index in [4.69, 9.17) is 28.4 Å². The summed E-state index contributed by atoms with van der Waals surface area (Å²) >= 11 is 0. The van der Waals surface area contributed by atoms with Crippen molar-refractivity contribution in [2.24, 2.45) is 5.92 Å². The molecule has 0 fully saturated rings. The molecule has 0 radical (unpaired) electrons. The zero-order valence-corrected chi connectivity index (χ0v) is 25.0. The molecule has 8 heteroatoms. The van der Waals surface area contributed by atoms with E-state index in [0.717, 1.165) is 48.8 Å². The number of fused-ring (bicyclic) bond motifs is 1. The van der Waals surface area contributed by atoms with E-state index in [-0.39, 0.29) is 12.0 Å². The number of rotatable bonds is 13. The van der Waals surface area contributed by atoms with E-state index in [1.165, 1.54) is 0 Å². The van der Waals surface area contributed by atoms with Gasteiger partial charge in [-0.2, -0.15) is 5.26 Å². The first-order valence-corrected chi connectivity index (χ1v) is 13.5. The highest BCUT2D eigenvalue weighted by molar-refractivity contribution is 5.67. The van der Waals surface area contributed by atoms with Crippen LogP contribution in [0.5, 0.6) is 34.5 Å². The van der Waals surface area contributed by atoms with Crippen molar-refractivity contribution >= 4 is 0 Å². The van der Waals surface area contributed by atoms with Gasteiger partial charge in [0.15, 0.2) is 23.0 Å². The maximum Gasteiger partial charge on any atom is 0.207 e. The predicted molar refractivity (Wildman–Crippen MR) is 152 cm³/mol. The molecule has 39 heavy (non-hydrogen) atoms. The summed E-state index contributed by atoms with van der Waals surface area (Å²) in [5.41, 5.74) is 2.49. The Labute approximate surface area is 233 Å². The van der Waals surface area contributed by atoms with Gasteiger partial charge in [0.1, 0.15) is 0 Å². The Hall–Kier alpha value is -3.31. The third-order valence-corrected chi connectivity index (χ3v) is 8.48. The zero-order valence-electron chi connectivity index (χ0n) is 25.0. The minimum Gasteiger partial charge on any atom is -0.493 e. The van der Waals surface area contributed by atoms with E-state index >= 15 is 0 Å². The molecule has 2 aromatic carbocycles. The maximum absolute atomic E-state index is 10.6. The first-order valence-electron chi connectivity index (χ1n) is 13.5. The number of nitriles is 1. The lowest BCUT2D eigenvalue weighted by atomic mass is 9.67. The smallest absolute Gasteiger partial charge is 0.207 e. The number of hydrogen-bond acceptors (Lipinski definition) is 8. The standard InChI is InChI=1S/C31H44N2O6/c1-10-20(2)31(19-32,21-13-14-25(34-4)26(16-21)35-5)15-11-12-22-17-23-24(18-33(22)3)28(37-7)30(39-9)29(38-8)27(23)36-6/h13-14,16,20,22H,10-12,15,17-18H2,1-9H3. The van der Waals surface area contributed by atoms with Gasteiger partial charge in [0.2, 0.25) is 11.5 Å². The second-order valence-electron chi connectivity index (χ2n) is 10.2. The fourth-order valence-corrected chi connectivity index (χ4v) is 6.02. The molecule has 0 amide bonds. The van der Waals surface area contributed by atoms with Gasteiger partial charge in [-0.3, -0.25) is 4.90 Å². The molecule has 3 unspecified atom stereocenters. The first-order chi connectivity index (χ1) is 18.8. The van der Waals surface area contributed by atoms with Crippen LogP contribution in [0.15, 0.2) is 18.2 Å². The fraction of sp³-hybridized carbons (Fsp3) is 0.581. The molecule has 1 aliphatic rings. The quantitative estimate of drug-likeness (QED) is 0.317. The molecule has 0 aliphatic carbocycles. The Kier molecular flexibility index (Phi) is 10.2. The number of likely N-dealkylation sites (N-methyl/N-ethyl adjacent to an activating group) is 1. The van der Waals surface area contributed by atoms with Gasteiger partial charge < -0.3 is 28.4 Å². The SMILES string of the molecule is CCC(C)C(C#N)(CCCC1Cc2c(c(OC)c(OC)c(OC)c2OC)CN1C)c1ccc(OC)c(OC)c1. The highest BCUT2D eigenvalue weighted by Gasteiger charge is 2.39. The van der Waals surface area contributed by atoms with E-state index in [1.807, 2.05) is 18.2 Å². The summed E-state index contributed by atoms with van der Waals surface area (Å²) in [6, 6.07) is 8.87. The molecule has 3 atom stereocenters. The van der Waals surface area contributed by atoms with Crippen molar-refractivity contribution in [2.75, 3.05) is 49.7 Å². The average Bonchev–Trinajstić information content (AvgIpc) is 2.97. The molecule has 214 valence electrons. The van der Waals surface area contributed by atoms with E-state index in [1.54, 1.807) is 42.7 Å². The maximum atomic E-state index is 10.6. The van der Waals surface area contributed by atoms with Crippen LogP contribution in [0.2, 0.25) is 0 Å². The number of benzene rings is 2. The molecule has 0 aromatic heterocycles. The van der Waals surface area contributed by atoms with Crippen LogP contribution in [0.25, 0.3) is 0 Å². The van der Waals surface area contributed by atoms with Crippen molar-refractivity contribution < 1.29 is 28.4 Å². The summed E-state index contributed by atoms with van der Waals surface area (Å²) in [7, 11) is 11.9. The Morgan fingerprint density at radius 1 is 0.897 bits per heavy atom. The molecular formula is C31H44N2O6. The lowest BCUT2D eigenvalue weighted by molar-refractivity contribution is 0.186. The fourth-order valence-electron chi connectivity index (χ4n) is 6.02. The van der Waals surface area contributed by atoms with Gasteiger partial charge in [-0.1, -0.05) is 26.3 Å². The van der Waals surface area contributed by atoms with Crippen LogP contribution in [0.1, 0.15) is 56.2 Å². The Balaban J connectivity index is 1.91. The van der Waals surface area contributed by atoms with E-state index in [0.29, 0.717) is 41.0 Å². The van der Waals surface area contributed by atoms with Gasteiger partial charge in [-0.25, -0.2) is 0 Å². The third-order valence-electron chi connectivity index (χ3n) is 8.48. The van der Waals surface area contributed by atoms with Gasteiger partial charge in [-0.05, 0) is 56.3 Å². The van der Waals surface area contributed by atoms with E-state index in [9.17, 15) is 5.26 Å². The molecule has 3 rings (SSSR count). The molecule has 1 aliphatic heterocycles. The minimum atomic E-state index is -0.628. The summed E-state index contributed by atoms with van der Waals surface area (Å²) in [5.74, 6) is 3.95. The molecule has 0 spiro atoms. The first kappa shape index (κ1) is 30.2. The summed E-state index contributed by atoms with van der Waals surface area (Å²) < 4.78 is 34.0. The van der Waals surface area contributed by atoms with Crippen LogP contribution >= 0.6 is 0 Å². The lowest BCUT2D eigenvalue weighted by Crippen LogP contribution is -2.38.